The zero-order valence-corrected chi connectivity index (χ0v) is 13.7. The lowest BCUT2D eigenvalue weighted by atomic mass is 9.88. The Bertz CT molecular complexity index is 636. The molecular formula is C16H12Br2F2. The number of alkyl halides is 1. The molecule has 0 saturated heterocycles. The molecule has 1 aliphatic rings. The van der Waals surface area contributed by atoms with Crippen LogP contribution in [0, 0.1) is 11.6 Å². The van der Waals surface area contributed by atoms with Crippen LogP contribution in [-0.2, 0) is 5.41 Å². The van der Waals surface area contributed by atoms with Crippen molar-refractivity contribution in [1.82, 2.24) is 0 Å². The second-order valence-corrected chi connectivity index (χ2v) is 6.94. The molecule has 2 aromatic carbocycles. The van der Waals surface area contributed by atoms with Gasteiger partial charge in [-0.15, -0.1) is 0 Å². The van der Waals surface area contributed by atoms with Gasteiger partial charge in [-0.25, -0.2) is 8.78 Å². The molecule has 20 heavy (non-hydrogen) atoms. The Balaban J connectivity index is 2.01. The topological polar surface area (TPSA) is 0 Å². The van der Waals surface area contributed by atoms with Crippen LogP contribution in [0.5, 0.6) is 0 Å². The smallest absolute Gasteiger partial charge is 0.137 e. The lowest BCUT2D eigenvalue weighted by molar-refractivity contribution is 0.561. The fourth-order valence-electron chi connectivity index (χ4n) is 2.62. The van der Waals surface area contributed by atoms with E-state index < -0.39 is 5.82 Å². The van der Waals surface area contributed by atoms with Crippen molar-refractivity contribution in [2.24, 2.45) is 0 Å². The van der Waals surface area contributed by atoms with Crippen molar-refractivity contribution >= 4 is 31.9 Å². The van der Waals surface area contributed by atoms with Gasteiger partial charge in [0.1, 0.15) is 11.6 Å². The van der Waals surface area contributed by atoms with E-state index in [9.17, 15) is 8.78 Å². The van der Waals surface area contributed by atoms with Crippen LogP contribution in [0.1, 0.15) is 28.8 Å². The molecule has 3 rings (SSSR count). The largest absolute Gasteiger partial charge is 0.207 e. The third kappa shape index (κ3) is 2.33. The quantitative estimate of drug-likeness (QED) is 0.444. The molecule has 1 unspecified atom stereocenters. The molecule has 0 spiro atoms. The first-order valence-electron chi connectivity index (χ1n) is 6.39. The van der Waals surface area contributed by atoms with Crippen LogP contribution in [0.15, 0.2) is 46.9 Å². The minimum Gasteiger partial charge on any atom is -0.207 e. The van der Waals surface area contributed by atoms with Gasteiger partial charge in [0.2, 0.25) is 0 Å². The van der Waals surface area contributed by atoms with Crippen molar-refractivity contribution in [2.45, 2.75) is 23.1 Å². The highest BCUT2D eigenvalue weighted by molar-refractivity contribution is 9.10. The van der Waals surface area contributed by atoms with E-state index in [-0.39, 0.29) is 20.5 Å². The Kier molecular flexibility index (Phi) is 3.71. The monoisotopic (exact) mass is 400 g/mol. The van der Waals surface area contributed by atoms with E-state index >= 15 is 0 Å². The number of hydrogen-bond acceptors (Lipinski definition) is 0. The molecule has 0 bridgehead atoms. The van der Waals surface area contributed by atoms with E-state index in [2.05, 4.69) is 31.9 Å². The van der Waals surface area contributed by atoms with Gasteiger partial charge in [0.25, 0.3) is 0 Å². The highest BCUT2D eigenvalue weighted by atomic mass is 79.9. The number of rotatable bonds is 3. The van der Waals surface area contributed by atoms with Crippen LogP contribution < -0.4 is 0 Å². The third-order valence-corrected chi connectivity index (χ3v) is 5.91. The fraction of sp³-hybridized carbons (Fsp3) is 0.250. The molecule has 0 aliphatic heterocycles. The molecular weight excluding hydrogens is 390 g/mol. The van der Waals surface area contributed by atoms with Crippen molar-refractivity contribution in [3.05, 3.63) is 69.7 Å². The van der Waals surface area contributed by atoms with Gasteiger partial charge in [-0.3, -0.25) is 0 Å². The Labute approximate surface area is 133 Å². The lowest BCUT2D eigenvalue weighted by Crippen LogP contribution is -2.15. The van der Waals surface area contributed by atoms with Gasteiger partial charge in [-0.2, -0.15) is 0 Å². The molecule has 1 aliphatic carbocycles. The SMILES string of the molecule is Fc1cc(C(Br)C2(c3ccccc3)CC2)c(F)cc1Br. The van der Waals surface area contributed by atoms with Crippen LogP contribution in [-0.4, -0.2) is 0 Å². The summed E-state index contributed by atoms with van der Waals surface area (Å²) in [5.41, 5.74) is 1.43. The molecule has 0 aromatic heterocycles. The Morgan fingerprint density at radius 1 is 1.00 bits per heavy atom. The van der Waals surface area contributed by atoms with Gasteiger partial charge in [-0.1, -0.05) is 46.3 Å². The van der Waals surface area contributed by atoms with E-state index in [0.717, 1.165) is 12.8 Å². The van der Waals surface area contributed by atoms with E-state index in [1.807, 2.05) is 30.3 Å². The van der Waals surface area contributed by atoms with Crippen molar-refractivity contribution in [3.8, 4) is 0 Å². The zero-order chi connectivity index (χ0) is 14.3. The second kappa shape index (κ2) is 5.23. The Morgan fingerprint density at radius 3 is 2.25 bits per heavy atom. The fourth-order valence-corrected chi connectivity index (χ4v) is 4.01. The van der Waals surface area contributed by atoms with Gasteiger partial charge in [0, 0.05) is 11.0 Å². The predicted molar refractivity (Wildman–Crippen MR) is 83.1 cm³/mol. The molecule has 0 amide bonds. The highest BCUT2D eigenvalue weighted by Gasteiger charge is 2.50. The third-order valence-electron chi connectivity index (χ3n) is 3.94. The maximum atomic E-state index is 14.1. The molecule has 1 fully saturated rings. The normalized spacial score (nSPS) is 17.8. The van der Waals surface area contributed by atoms with Gasteiger partial charge in [-0.05, 0) is 46.5 Å². The lowest BCUT2D eigenvalue weighted by Gasteiger charge is -2.23. The molecule has 4 heteroatoms. The summed E-state index contributed by atoms with van der Waals surface area (Å²) in [5, 5.41) is 0. The number of halogens is 4. The van der Waals surface area contributed by atoms with Crippen LogP contribution >= 0.6 is 31.9 Å². The second-order valence-electron chi connectivity index (χ2n) is 5.17. The van der Waals surface area contributed by atoms with Gasteiger partial charge in [0.15, 0.2) is 0 Å². The summed E-state index contributed by atoms with van der Waals surface area (Å²) < 4.78 is 28.0. The van der Waals surface area contributed by atoms with E-state index in [0.29, 0.717) is 5.56 Å². The molecule has 0 heterocycles. The summed E-state index contributed by atoms with van der Waals surface area (Å²) >= 11 is 6.60. The summed E-state index contributed by atoms with van der Waals surface area (Å²) in [4.78, 5) is -0.222. The summed E-state index contributed by atoms with van der Waals surface area (Å²) in [7, 11) is 0. The van der Waals surface area contributed by atoms with Crippen LogP contribution in [0.3, 0.4) is 0 Å². The average molecular weight is 402 g/mol. The molecule has 2 aromatic rings. The summed E-state index contributed by atoms with van der Waals surface area (Å²) in [6.45, 7) is 0. The van der Waals surface area contributed by atoms with Crippen LogP contribution in [0.25, 0.3) is 0 Å². The molecule has 0 N–H and O–H groups in total. The highest BCUT2D eigenvalue weighted by Crippen LogP contribution is 2.60. The molecule has 0 nitrogen and oxygen atoms in total. The summed E-state index contributed by atoms with van der Waals surface area (Å²) in [6.07, 6.45) is 1.95. The maximum Gasteiger partial charge on any atom is 0.137 e. The van der Waals surface area contributed by atoms with E-state index in [1.165, 1.54) is 17.7 Å². The minimum atomic E-state index is -0.435. The first-order valence-corrected chi connectivity index (χ1v) is 8.09. The first-order chi connectivity index (χ1) is 9.54. The number of benzene rings is 2. The van der Waals surface area contributed by atoms with Crippen molar-refractivity contribution in [2.75, 3.05) is 0 Å². The van der Waals surface area contributed by atoms with Gasteiger partial charge in [0.05, 0.1) is 9.30 Å². The minimum absolute atomic E-state index is 0.123. The van der Waals surface area contributed by atoms with E-state index in [4.69, 9.17) is 0 Å². The molecule has 1 saturated carbocycles. The van der Waals surface area contributed by atoms with Crippen LogP contribution in [0.2, 0.25) is 0 Å². The van der Waals surface area contributed by atoms with Crippen molar-refractivity contribution in [1.29, 1.82) is 0 Å². The zero-order valence-electron chi connectivity index (χ0n) is 10.5. The summed E-state index contributed by atoms with van der Waals surface area (Å²) in [5.74, 6) is -0.822. The molecule has 104 valence electrons. The number of hydrogen-bond donors (Lipinski definition) is 0. The summed E-state index contributed by atoms with van der Waals surface area (Å²) in [6, 6.07) is 12.5. The molecule has 0 radical (unpaired) electrons. The average Bonchev–Trinajstić information content (AvgIpc) is 3.25. The first kappa shape index (κ1) is 14.2. The van der Waals surface area contributed by atoms with Gasteiger partial charge < -0.3 is 0 Å². The van der Waals surface area contributed by atoms with Crippen molar-refractivity contribution in [3.63, 3.8) is 0 Å². The van der Waals surface area contributed by atoms with E-state index in [1.54, 1.807) is 0 Å². The predicted octanol–water partition coefficient (Wildman–Crippen LogP) is 5.90. The molecule has 1 atom stereocenters. The van der Waals surface area contributed by atoms with Crippen LogP contribution in [0.4, 0.5) is 8.78 Å². The van der Waals surface area contributed by atoms with Gasteiger partial charge >= 0.3 is 0 Å². The maximum absolute atomic E-state index is 14.1. The Morgan fingerprint density at radius 2 is 1.65 bits per heavy atom. The van der Waals surface area contributed by atoms with Crippen molar-refractivity contribution < 1.29 is 8.78 Å². The standard InChI is InChI=1S/C16H12Br2F2/c17-12-9-13(19)11(8-14(12)20)15(18)16(6-7-16)10-4-2-1-3-5-10/h1-5,8-9,15H,6-7H2. The Hall–Kier alpha value is -0.740.